The SMILES string of the molecule is CC(C)(C)OC(=O)C[C@H]1C(=O)C[C@@H]2CCCC[C@H]2[C@@H]1/C=C/c1ccc(Br)cn1. The number of aromatic nitrogens is 1. The predicted octanol–water partition coefficient (Wildman–Crippen LogP) is 5.60. The number of hydrogen-bond donors (Lipinski definition) is 0. The number of halogens is 1. The molecule has 0 aromatic carbocycles. The van der Waals surface area contributed by atoms with E-state index in [1.54, 1.807) is 6.20 Å². The highest BCUT2D eigenvalue weighted by atomic mass is 79.9. The van der Waals surface area contributed by atoms with Crippen LogP contribution in [0, 0.1) is 23.7 Å². The minimum absolute atomic E-state index is 0.0736. The van der Waals surface area contributed by atoms with Crippen LogP contribution in [0.4, 0.5) is 0 Å². The van der Waals surface area contributed by atoms with Crippen molar-refractivity contribution in [1.82, 2.24) is 4.98 Å². The molecule has 2 aliphatic rings. The van der Waals surface area contributed by atoms with E-state index in [9.17, 15) is 9.59 Å². The maximum Gasteiger partial charge on any atom is 0.307 e. The summed E-state index contributed by atoms with van der Waals surface area (Å²) in [6, 6.07) is 3.91. The topological polar surface area (TPSA) is 56.3 Å². The number of hydrogen-bond acceptors (Lipinski definition) is 4. The molecule has 2 aliphatic carbocycles. The molecule has 5 heteroatoms. The van der Waals surface area contributed by atoms with Crippen molar-refractivity contribution >= 4 is 33.8 Å². The van der Waals surface area contributed by atoms with Gasteiger partial charge in [0, 0.05) is 23.0 Å². The highest BCUT2D eigenvalue weighted by molar-refractivity contribution is 9.10. The lowest BCUT2D eigenvalue weighted by Gasteiger charge is -2.43. The third-order valence-electron chi connectivity index (χ3n) is 5.85. The molecule has 1 aromatic heterocycles. The predicted molar refractivity (Wildman–Crippen MR) is 113 cm³/mol. The van der Waals surface area contributed by atoms with Gasteiger partial charge >= 0.3 is 5.97 Å². The molecular weight excluding hydrogens is 418 g/mol. The number of carbonyl (C=O) groups is 2. The average Bonchev–Trinajstić information content (AvgIpc) is 2.61. The van der Waals surface area contributed by atoms with Crippen LogP contribution in [0.2, 0.25) is 0 Å². The van der Waals surface area contributed by atoms with E-state index in [1.807, 2.05) is 39.0 Å². The average molecular weight is 448 g/mol. The van der Waals surface area contributed by atoms with E-state index in [2.05, 4.69) is 27.0 Å². The van der Waals surface area contributed by atoms with Gasteiger partial charge in [0.05, 0.1) is 12.1 Å². The van der Waals surface area contributed by atoms with Gasteiger partial charge in [-0.15, -0.1) is 0 Å². The van der Waals surface area contributed by atoms with Crippen molar-refractivity contribution in [2.24, 2.45) is 23.7 Å². The highest BCUT2D eigenvalue weighted by Crippen LogP contribution is 2.46. The maximum atomic E-state index is 13.0. The molecule has 28 heavy (non-hydrogen) atoms. The molecule has 1 aromatic rings. The summed E-state index contributed by atoms with van der Waals surface area (Å²) >= 11 is 3.40. The van der Waals surface area contributed by atoms with E-state index >= 15 is 0 Å². The summed E-state index contributed by atoms with van der Waals surface area (Å²) < 4.78 is 6.45. The quantitative estimate of drug-likeness (QED) is 0.563. The summed E-state index contributed by atoms with van der Waals surface area (Å²) in [4.78, 5) is 29.8. The third kappa shape index (κ3) is 5.53. The second kappa shape index (κ2) is 8.89. The summed E-state index contributed by atoms with van der Waals surface area (Å²) in [6.07, 6.45) is 11.3. The van der Waals surface area contributed by atoms with Crippen LogP contribution in [0.3, 0.4) is 0 Å². The van der Waals surface area contributed by atoms with Gasteiger partial charge in [0.15, 0.2) is 0 Å². The summed E-state index contributed by atoms with van der Waals surface area (Å²) in [5, 5.41) is 0. The van der Waals surface area contributed by atoms with Crippen LogP contribution < -0.4 is 0 Å². The third-order valence-corrected chi connectivity index (χ3v) is 6.32. The van der Waals surface area contributed by atoms with Gasteiger partial charge in [0.2, 0.25) is 0 Å². The molecule has 2 fully saturated rings. The van der Waals surface area contributed by atoms with E-state index < -0.39 is 5.60 Å². The van der Waals surface area contributed by atoms with Crippen LogP contribution in [-0.2, 0) is 14.3 Å². The number of carbonyl (C=O) groups excluding carboxylic acids is 2. The lowest BCUT2D eigenvalue weighted by molar-refractivity contribution is -0.159. The molecule has 0 radical (unpaired) electrons. The molecule has 4 nitrogen and oxygen atoms in total. The van der Waals surface area contributed by atoms with Crippen LogP contribution in [0.1, 0.15) is 65.0 Å². The standard InChI is InChI=1S/C23H30BrNO3/c1-23(2,3)28-22(27)13-20-19(11-10-17-9-8-16(24)14-25-17)18-7-5-4-6-15(18)12-21(20)26/h8-11,14-15,18-20H,4-7,12-13H2,1-3H3/b11-10+/t15-,18+,19-,20+/m0/s1. The molecule has 152 valence electrons. The summed E-state index contributed by atoms with van der Waals surface area (Å²) in [7, 11) is 0. The number of ether oxygens (including phenoxy) is 1. The number of nitrogens with zero attached hydrogens (tertiary/aromatic N) is 1. The van der Waals surface area contributed by atoms with Gasteiger partial charge in [0.25, 0.3) is 0 Å². The second-order valence-electron chi connectivity index (χ2n) is 9.11. The van der Waals surface area contributed by atoms with Crippen molar-refractivity contribution in [3.05, 3.63) is 34.6 Å². The number of pyridine rings is 1. The molecule has 4 atom stereocenters. The van der Waals surface area contributed by atoms with E-state index in [-0.39, 0.29) is 30.0 Å². The molecule has 1 heterocycles. The molecule has 0 aliphatic heterocycles. The Morgan fingerprint density at radius 1 is 1.29 bits per heavy atom. The Labute approximate surface area is 176 Å². The summed E-state index contributed by atoms with van der Waals surface area (Å²) in [5.41, 5.74) is 0.332. The summed E-state index contributed by atoms with van der Waals surface area (Å²) in [5.74, 6) is 0.632. The van der Waals surface area contributed by atoms with E-state index in [1.165, 1.54) is 12.8 Å². The number of esters is 1. The van der Waals surface area contributed by atoms with Crippen LogP contribution >= 0.6 is 15.9 Å². The highest BCUT2D eigenvalue weighted by Gasteiger charge is 2.44. The largest absolute Gasteiger partial charge is 0.460 e. The Kier molecular flexibility index (Phi) is 6.74. The van der Waals surface area contributed by atoms with Crippen LogP contribution in [0.5, 0.6) is 0 Å². The first-order valence-electron chi connectivity index (χ1n) is 10.3. The molecule has 0 bridgehead atoms. The summed E-state index contributed by atoms with van der Waals surface area (Å²) in [6.45, 7) is 5.59. The van der Waals surface area contributed by atoms with Crippen LogP contribution in [0.25, 0.3) is 6.08 Å². The monoisotopic (exact) mass is 447 g/mol. The number of rotatable bonds is 4. The van der Waals surface area contributed by atoms with Crippen molar-refractivity contribution in [3.8, 4) is 0 Å². The van der Waals surface area contributed by atoms with E-state index in [0.717, 1.165) is 23.0 Å². The molecule has 0 unspecified atom stereocenters. The first-order chi connectivity index (χ1) is 13.2. The first kappa shape index (κ1) is 21.2. The second-order valence-corrected chi connectivity index (χ2v) is 10.0. The maximum absolute atomic E-state index is 13.0. The van der Waals surface area contributed by atoms with Gasteiger partial charge in [-0.3, -0.25) is 14.6 Å². The Hall–Kier alpha value is -1.49. The van der Waals surface area contributed by atoms with Crippen molar-refractivity contribution in [2.75, 3.05) is 0 Å². The molecule has 0 amide bonds. The van der Waals surface area contributed by atoms with Crippen molar-refractivity contribution in [1.29, 1.82) is 0 Å². The number of allylic oxidation sites excluding steroid dienone is 1. The number of Topliss-reactive ketones (excluding diaryl/α,β-unsaturated/α-hetero) is 1. The molecule has 2 saturated carbocycles. The molecule has 0 spiro atoms. The van der Waals surface area contributed by atoms with Gasteiger partial charge in [0.1, 0.15) is 11.4 Å². The number of ketones is 1. The normalized spacial score (nSPS) is 28.2. The minimum Gasteiger partial charge on any atom is -0.460 e. The Morgan fingerprint density at radius 2 is 2.04 bits per heavy atom. The van der Waals surface area contributed by atoms with Crippen molar-refractivity contribution in [2.45, 2.75) is 64.9 Å². The van der Waals surface area contributed by atoms with Gasteiger partial charge in [-0.2, -0.15) is 0 Å². The van der Waals surface area contributed by atoms with Crippen LogP contribution in [-0.4, -0.2) is 22.3 Å². The van der Waals surface area contributed by atoms with E-state index in [0.29, 0.717) is 18.3 Å². The lowest BCUT2D eigenvalue weighted by atomic mass is 9.60. The van der Waals surface area contributed by atoms with Crippen molar-refractivity contribution in [3.63, 3.8) is 0 Å². The smallest absolute Gasteiger partial charge is 0.307 e. The zero-order valence-corrected chi connectivity index (χ0v) is 18.6. The molecular formula is C23H30BrNO3. The van der Waals surface area contributed by atoms with E-state index in [4.69, 9.17) is 4.74 Å². The number of fused-ring (bicyclic) bond motifs is 1. The fourth-order valence-corrected chi connectivity index (χ4v) is 4.94. The Morgan fingerprint density at radius 3 is 2.71 bits per heavy atom. The minimum atomic E-state index is -0.533. The fraction of sp³-hybridized carbons (Fsp3) is 0.609. The molecule has 0 N–H and O–H groups in total. The first-order valence-corrected chi connectivity index (χ1v) is 11.1. The van der Waals surface area contributed by atoms with Crippen LogP contribution in [0.15, 0.2) is 28.9 Å². The van der Waals surface area contributed by atoms with Gasteiger partial charge in [-0.05, 0) is 85.5 Å². The van der Waals surface area contributed by atoms with Crippen molar-refractivity contribution < 1.29 is 14.3 Å². The zero-order chi connectivity index (χ0) is 20.3. The van der Waals surface area contributed by atoms with Gasteiger partial charge < -0.3 is 4.74 Å². The van der Waals surface area contributed by atoms with Gasteiger partial charge in [-0.25, -0.2) is 0 Å². The molecule has 3 rings (SSSR count). The Bertz CT molecular complexity index is 735. The zero-order valence-electron chi connectivity index (χ0n) is 17.0. The molecule has 0 saturated heterocycles. The lowest BCUT2D eigenvalue weighted by Crippen LogP contribution is -2.42. The Balaban J connectivity index is 1.82. The fourth-order valence-electron chi connectivity index (χ4n) is 4.70. The van der Waals surface area contributed by atoms with Gasteiger partial charge in [-0.1, -0.05) is 18.9 Å².